The number of piperidine rings is 1. The highest BCUT2D eigenvalue weighted by molar-refractivity contribution is 5.93. The third-order valence-electron chi connectivity index (χ3n) is 4.09. The quantitative estimate of drug-likeness (QED) is 0.777. The molecule has 0 bridgehead atoms. The standard InChI is InChI=1S/C15H25N5O2/c1-4-11(5-2)20-13(10(3)9-17-20)19-15(22)18-12-7-6-8-16-14(12)21/h9,11-12H,4-8H2,1-3H3,(H,16,21)(H2,18,19,22)/t12-/m0/s1. The summed E-state index contributed by atoms with van der Waals surface area (Å²) in [7, 11) is 0. The first kappa shape index (κ1) is 16.3. The van der Waals surface area contributed by atoms with E-state index in [4.69, 9.17) is 0 Å². The van der Waals surface area contributed by atoms with Crippen LogP contribution in [0.5, 0.6) is 0 Å². The van der Waals surface area contributed by atoms with Crippen LogP contribution in [0.3, 0.4) is 0 Å². The van der Waals surface area contributed by atoms with E-state index in [0.717, 1.165) is 24.8 Å². The molecule has 1 aliphatic rings. The van der Waals surface area contributed by atoms with Crippen molar-refractivity contribution in [3.05, 3.63) is 11.8 Å². The summed E-state index contributed by atoms with van der Waals surface area (Å²) < 4.78 is 1.86. The maximum Gasteiger partial charge on any atom is 0.321 e. The van der Waals surface area contributed by atoms with Crippen molar-refractivity contribution in [2.45, 2.75) is 58.5 Å². The molecule has 2 heterocycles. The number of urea groups is 1. The van der Waals surface area contributed by atoms with E-state index in [2.05, 4.69) is 34.9 Å². The average molecular weight is 307 g/mol. The first-order valence-electron chi connectivity index (χ1n) is 7.96. The first-order valence-corrected chi connectivity index (χ1v) is 7.96. The van der Waals surface area contributed by atoms with Crippen molar-refractivity contribution < 1.29 is 9.59 Å². The van der Waals surface area contributed by atoms with Crippen molar-refractivity contribution in [1.82, 2.24) is 20.4 Å². The van der Waals surface area contributed by atoms with Gasteiger partial charge in [-0.15, -0.1) is 0 Å². The van der Waals surface area contributed by atoms with Gasteiger partial charge in [0.15, 0.2) is 0 Å². The number of aryl methyl sites for hydroxylation is 1. The summed E-state index contributed by atoms with van der Waals surface area (Å²) in [6.07, 6.45) is 5.19. The molecule has 0 spiro atoms. The molecule has 1 saturated heterocycles. The Morgan fingerprint density at radius 2 is 2.23 bits per heavy atom. The van der Waals surface area contributed by atoms with Gasteiger partial charge in [0.25, 0.3) is 0 Å². The van der Waals surface area contributed by atoms with Crippen molar-refractivity contribution >= 4 is 17.8 Å². The molecule has 0 aliphatic carbocycles. The second kappa shape index (κ2) is 7.29. The van der Waals surface area contributed by atoms with Crippen molar-refractivity contribution in [3.8, 4) is 0 Å². The molecule has 1 aliphatic heterocycles. The Kier molecular flexibility index (Phi) is 5.41. The Balaban J connectivity index is 2.05. The van der Waals surface area contributed by atoms with Gasteiger partial charge in [-0.2, -0.15) is 5.10 Å². The number of carbonyl (C=O) groups is 2. The smallest absolute Gasteiger partial charge is 0.321 e. The van der Waals surface area contributed by atoms with Crippen LogP contribution in [-0.2, 0) is 4.79 Å². The molecule has 0 unspecified atom stereocenters. The molecule has 0 radical (unpaired) electrons. The molecule has 1 fully saturated rings. The predicted molar refractivity (Wildman–Crippen MR) is 84.8 cm³/mol. The molecule has 7 nitrogen and oxygen atoms in total. The third-order valence-corrected chi connectivity index (χ3v) is 4.09. The topological polar surface area (TPSA) is 88.1 Å². The zero-order valence-corrected chi connectivity index (χ0v) is 13.5. The van der Waals surface area contributed by atoms with Crippen LogP contribution >= 0.6 is 0 Å². The molecule has 3 N–H and O–H groups in total. The van der Waals surface area contributed by atoms with E-state index in [1.165, 1.54) is 0 Å². The van der Waals surface area contributed by atoms with Gasteiger partial charge in [-0.25, -0.2) is 9.48 Å². The second-order valence-corrected chi connectivity index (χ2v) is 5.68. The molecule has 0 aromatic carbocycles. The minimum atomic E-state index is -0.460. The molecular formula is C15H25N5O2. The van der Waals surface area contributed by atoms with E-state index in [1.807, 2.05) is 11.6 Å². The molecule has 1 aromatic rings. The van der Waals surface area contributed by atoms with E-state index in [0.29, 0.717) is 18.8 Å². The number of nitrogens with zero attached hydrogens (tertiary/aromatic N) is 2. The monoisotopic (exact) mass is 307 g/mol. The van der Waals surface area contributed by atoms with Crippen LogP contribution in [-0.4, -0.2) is 34.3 Å². The summed E-state index contributed by atoms with van der Waals surface area (Å²) in [5.74, 6) is 0.578. The third kappa shape index (κ3) is 3.58. The number of anilines is 1. The normalized spacial score (nSPS) is 18.2. The molecule has 1 aromatic heterocycles. The van der Waals surface area contributed by atoms with E-state index in [9.17, 15) is 9.59 Å². The van der Waals surface area contributed by atoms with Crippen LogP contribution in [0, 0.1) is 6.92 Å². The van der Waals surface area contributed by atoms with Gasteiger partial charge in [0.2, 0.25) is 5.91 Å². The van der Waals surface area contributed by atoms with Gasteiger partial charge in [0.05, 0.1) is 12.2 Å². The van der Waals surface area contributed by atoms with Crippen LogP contribution in [0.15, 0.2) is 6.20 Å². The van der Waals surface area contributed by atoms with Crippen LogP contribution in [0.25, 0.3) is 0 Å². The van der Waals surface area contributed by atoms with Gasteiger partial charge in [-0.1, -0.05) is 13.8 Å². The van der Waals surface area contributed by atoms with E-state index >= 15 is 0 Å². The molecular weight excluding hydrogens is 282 g/mol. The minimum absolute atomic E-state index is 0.119. The fourth-order valence-electron chi connectivity index (χ4n) is 2.73. The van der Waals surface area contributed by atoms with Crippen molar-refractivity contribution in [2.24, 2.45) is 0 Å². The Hall–Kier alpha value is -2.05. The number of hydrogen-bond acceptors (Lipinski definition) is 3. The van der Waals surface area contributed by atoms with Crippen LogP contribution in [0.4, 0.5) is 10.6 Å². The van der Waals surface area contributed by atoms with Gasteiger partial charge < -0.3 is 10.6 Å². The molecule has 0 saturated carbocycles. The van der Waals surface area contributed by atoms with Crippen molar-refractivity contribution in [2.75, 3.05) is 11.9 Å². The lowest BCUT2D eigenvalue weighted by atomic mass is 10.1. The summed E-state index contributed by atoms with van der Waals surface area (Å²) in [5, 5.41) is 12.7. The second-order valence-electron chi connectivity index (χ2n) is 5.68. The highest BCUT2D eigenvalue weighted by Gasteiger charge is 2.24. The fourth-order valence-corrected chi connectivity index (χ4v) is 2.73. The maximum absolute atomic E-state index is 12.2. The summed E-state index contributed by atoms with van der Waals surface area (Å²) in [6, 6.07) is -0.571. The summed E-state index contributed by atoms with van der Waals surface area (Å²) >= 11 is 0. The molecule has 122 valence electrons. The fraction of sp³-hybridized carbons (Fsp3) is 0.667. The number of nitrogens with one attached hydrogen (secondary N) is 3. The zero-order chi connectivity index (χ0) is 16.1. The van der Waals surface area contributed by atoms with Gasteiger partial charge in [0, 0.05) is 12.1 Å². The minimum Gasteiger partial charge on any atom is -0.354 e. The number of amides is 3. The van der Waals surface area contributed by atoms with Crippen LogP contribution in [0.2, 0.25) is 0 Å². The number of rotatable bonds is 5. The Morgan fingerprint density at radius 3 is 2.86 bits per heavy atom. The molecule has 22 heavy (non-hydrogen) atoms. The summed E-state index contributed by atoms with van der Waals surface area (Å²) in [5.41, 5.74) is 0.912. The first-order chi connectivity index (χ1) is 10.6. The maximum atomic E-state index is 12.2. The Labute approximate surface area is 130 Å². The SMILES string of the molecule is CCC(CC)n1ncc(C)c1NC(=O)N[C@H]1CCCNC1=O. The summed E-state index contributed by atoms with van der Waals surface area (Å²) in [6.45, 7) is 6.79. The lowest BCUT2D eigenvalue weighted by Gasteiger charge is -2.23. The lowest BCUT2D eigenvalue weighted by molar-refractivity contribution is -0.124. The molecule has 7 heteroatoms. The average Bonchev–Trinajstić information content (AvgIpc) is 2.85. The van der Waals surface area contributed by atoms with Gasteiger partial charge in [0.1, 0.15) is 11.9 Å². The lowest BCUT2D eigenvalue weighted by Crippen LogP contribution is -2.51. The highest BCUT2D eigenvalue weighted by atomic mass is 16.2. The van der Waals surface area contributed by atoms with E-state index < -0.39 is 6.04 Å². The number of hydrogen-bond donors (Lipinski definition) is 3. The van der Waals surface area contributed by atoms with Crippen molar-refractivity contribution in [1.29, 1.82) is 0 Å². The van der Waals surface area contributed by atoms with Gasteiger partial charge in [-0.3, -0.25) is 10.1 Å². The zero-order valence-electron chi connectivity index (χ0n) is 13.5. The van der Waals surface area contributed by atoms with E-state index in [-0.39, 0.29) is 18.0 Å². The number of aromatic nitrogens is 2. The Morgan fingerprint density at radius 1 is 1.50 bits per heavy atom. The van der Waals surface area contributed by atoms with Gasteiger partial charge in [-0.05, 0) is 32.6 Å². The number of carbonyl (C=O) groups excluding carboxylic acids is 2. The predicted octanol–water partition coefficient (Wildman–Crippen LogP) is 1.95. The van der Waals surface area contributed by atoms with Gasteiger partial charge >= 0.3 is 6.03 Å². The summed E-state index contributed by atoms with van der Waals surface area (Å²) in [4.78, 5) is 23.9. The molecule has 1 atom stereocenters. The van der Waals surface area contributed by atoms with Crippen molar-refractivity contribution in [3.63, 3.8) is 0 Å². The van der Waals surface area contributed by atoms with E-state index in [1.54, 1.807) is 6.20 Å². The highest BCUT2D eigenvalue weighted by Crippen LogP contribution is 2.23. The van der Waals surface area contributed by atoms with Crippen LogP contribution in [0.1, 0.15) is 51.1 Å². The van der Waals surface area contributed by atoms with Crippen LogP contribution < -0.4 is 16.0 Å². The molecule has 2 rings (SSSR count). The molecule has 3 amide bonds. The largest absolute Gasteiger partial charge is 0.354 e. The Bertz CT molecular complexity index is 536.